The predicted octanol–water partition coefficient (Wildman–Crippen LogP) is 5.61. The summed E-state index contributed by atoms with van der Waals surface area (Å²) in [4.78, 5) is 6.93. The van der Waals surface area contributed by atoms with E-state index in [2.05, 4.69) is 32.2 Å². The number of hydrogen-bond donors (Lipinski definition) is 1. The van der Waals surface area contributed by atoms with E-state index >= 15 is 0 Å². The van der Waals surface area contributed by atoms with Crippen LogP contribution >= 0.6 is 0 Å². The van der Waals surface area contributed by atoms with Crippen LogP contribution in [0.4, 0.5) is 13.2 Å². The molecule has 1 atom stereocenters. The molecule has 0 radical (unpaired) electrons. The molecule has 0 bridgehead atoms. The maximum absolute atomic E-state index is 13.0. The Bertz CT molecular complexity index is 1680. The number of halogens is 3. The first-order valence-corrected chi connectivity index (χ1v) is 13.5. The van der Waals surface area contributed by atoms with Crippen molar-refractivity contribution in [3.8, 4) is 34.1 Å². The molecule has 0 spiro atoms. The average molecular weight is 581 g/mol. The van der Waals surface area contributed by atoms with E-state index in [0.29, 0.717) is 51.9 Å². The standard InChI is InChI=1S/C29H31F3N8O2/c1-5-12-38(4)14-20-6-11-27(36-35-20)42-21-7-10-26-23(13-33-40(26)15-21)25-9-8-22(19(3)41)28(34-25)24-16-39(37-18(24)2)17-29(30,31)32/h6-11,13,15-16,19,41H,5,12,14,17H2,1-4H3. The van der Waals surface area contributed by atoms with Gasteiger partial charge in [0.25, 0.3) is 0 Å². The van der Waals surface area contributed by atoms with E-state index in [1.165, 1.54) is 6.20 Å². The molecular weight excluding hydrogens is 549 g/mol. The number of fused-ring (bicyclic) bond motifs is 1. The lowest BCUT2D eigenvalue weighted by Crippen LogP contribution is -2.19. The van der Waals surface area contributed by atoms with Crippen LogP contribution in [0, 0.1) is 6.92 Å². The van der Waals surface area contributed by atoms with Crippen LogP contribution in [0.5, 0.6) is 11.6 Å². The van der Waals surface area contributed by atoms with Crippen LogP contribution in [0.3, 0.4) is 0 Å². The van der Waals surface area contributed by atoms with Crippen LogP contribution in [0.15, 0.2) is 55.0 Å². The number of alkyl halides is 3. The Hall–Kier alpha value is -4.36. The number of aryl methyl sites for hydroxylation is 1. The zero-order valence-electron chi connectivity index (χ0n) is 23.7. The first-order chi connectivity index (χ1) is 20.0. The quantitative estimate of drug-likeness (QED) is 0.227. The van der Waals surface area contributed by atoms with Crippen molar-refractivity contribution in [2.24, 2.45) is 0 Å². The zero-order chi connectivity index (χ0) is 30.0. The van der Waals surface area contributed by atoms with Gasteiger partial charge in [-0.3, -0.25) is 4.68 Å². The average Bonchev–Trinajstić information content (AvgIpc) is 3.51. The predicted molar refractivity (Wildman–Crippen MR) is 150 cm³/mol. The summed E-state index contributed by atoms with van der Waals surface area (Å²) < 4.78 is 47.3. The molecule has 5 aromatic heterocycles. The number of nitrogens with zero attached hydrogens (tertiary/aromatic N) is 8. The van der Waals surface area contributed by atoms with Crippen molar-refractivity contribution in [2.45, 2.75) is 52.6 Å². The van der Waals surface area contributed by atoms with Gasteiger partial charge in [-0.1, -0.05) is 13.0 Å². The molecule has 0 saturated carbocycles. The topological polar surface area (TPSA) is 106 Å². The maximum Gasteiger partial charge on any atom is 0.408 e. The molecule has 0 fully saturated rings. The van der Waals surface area contributed by atoms with E-state index in [1.807, 2.05) is 19.2 Å². The second-order valence-electron chi connectivity index (χ2n) is 10.2. The zero-order valence-corrected chi connectivity index (χ0v) is 23.7. The smallest absolute Gasteiger partial charge is 0.408 e. The summed E-state index contributed by atoms with van der Waals surface area (Å²) in [5.74, 6) is 0.859. The van der Waals surface area contributed by atoms with Gasteiger partial charge in [0.1, 0.15) is 12.3 Å². The van der Waals surface area contributed by atoms with E-state index in [-0.39, 0.29) is 0 Å². The Morgan fingerprint density at radius 3 is 2.55 bits per heavy atom. The summed E-state index contributed by atoms with van der Waals surface area (Å²) in [6.07, 6.45) is 0.404. The molecule has 0 aliphatic heterocycles. The van der Waals surface area contributed by atoms with Gasteiger partial charge in [0.2, 0.25) is 5.88 Å². The summed E-state index contributed by atoms with van der Waals surface area (Å²) in [5.41, 5.74) is 4.43. The minimum atomic E-state index is -4.42. The van der Waals surface area contributed by atoms with Crippen molar-refractivity contribution in [1.29, 1.82) is 0 Å². The highest BCUT2D eigenvalue weighted by Crippen LogP contribution is 2.34. The van der Waals surface area contributed by atoms with E-state index < -0.39 is 18.8 Å². The molecule has 0 amide bonds. The van der Waals surface area contributed by atoms with Gasteiger partial charge in [-0.25, -0.2) is 9.50 Å². The molecule has 0 aromatic carbocycles. The van der Waals surface area contributed by atoms with Crippen LogP contribution < -0.4 is 4.74 Å². The largest absolute Gasteiger partial charge is 0.436 e. The summed E-state index contributed by atoms with van der Waals surface area (Å²) >= 11 is 0. The highest BCUT2D eigenvalue weighted by Gasteiger charge is 2.29. The number of aliphatic hydroxyl groups excluding tert-OH is 1. The minimum absolute atomic E-state index is 0.352. The summed E-state index contributed by atoms with van der Waals surface area (Å²) in [5, 5.41) is 27.3. The molecule has 0 aliphatic carbocycles. The Labute approximate surface area is 240 Å². The molecule has 1 unspecified atom stereocenters. The van der Waals surface area contributed by atoms with Gasteiger partial charge in [0, 0.05) is 35.5 Å². The molecule has 0 saturated heterocycles. The van der Waals surface area contributed by atoms with E-state index in [1.54, 1.807) is 55.0 Å². The van der Waals surface area contributed by atoms with Gasteiger partial charge in [-0.2, -0.15) is 28.5 Å². The Morgan fingerprint density at radius 1 is 1.05 bits per heavy atom. The number of rotatable bonds is 10. The normalized spacial score (nSPS) is 12.8. The number of ether oxygens (including phenoxy) is 1. The van der Waals surface area contributed by atoms with Gasteiger partial charge in [-0.15, -0.1) is 5.10 Å². The van der Waals surface area contributed by atoms with Gasteiger partial charge in [-0.05, 0) is 58.1 Å². The number of pyridine rings is 2. The summed E-state index contributed by atoms with van der Waals surface area (Å²) in [6, 6.07) is 10.7. The highest BCUT2D eigenvalue weighted by atomic mass is 19.4. The Morgan fingerprint density at radius 2 is 1.86 bits per heavy atom. The van der Waals surface area contributed by atoms with Crippen molar-refractivity contribution in [3.05, 3.63) is 71.9 Å². The lowest BCUT2D eigenvalue weighted by atomic mass is 10.0. The van der Waals surface area contributed by atoms with Gasteiger partial charge < -0.3 is 14.7 Å². The Balaban J connectivity index is 1.41. The van der Waals surface area contributed by atoms with Crippen LogP contribution in [-0.2, 0) is 13.1 Å². The fourth-order valence-corrected chi connectivity index (χ4v) is 4.76. The summed E-state index contributed by atoms with van der Waals surface area (Å²) in [7, 11) is 2.04. The number of hydrogen-bond acceptors (Lipinski definition) is 8. The van der Waals surface area contributed by atoms with Crippen molar-refractivity contribution in [2.75, 3.05) is 13.6 Å². The molecule has 1 N–H and O–H groups in total. The van der Waals surface area contributed by atoms with Gasteiger partial charge in [0.15, 0.2) is 0 Å². The third kappa shape index (κ3) is 6.58. The second-order valence-corrected chi connectivity index (χ2v) is 10.2. The van der Waals surface area contributed by atoms with Crippen LogP contribution in [-0.4, -0.2) is 64.4 Å². The van der Waals surface area contributed by atoms with Crippen molar-refractivity contribution in [3.63, 3.8) is 0 Å². The monoisotopic (exact) mass is 580 g/mol. The highest BCUT2D eigenvalue weighted by molar-refractivity contribution is 5.80. The summed E-state index contributed by atoms with van der Waals surface area (Å²) in [6.45, 7) is 5.77. The molecule has 5 rings (SSSR count). The molecule has 5 heterocycles. The molecular formula is C29H31F3N8O2. The van der Waals surface area contributed by atoms with Crippen LogP contribution in [0.1, 0.15) is 43.3 Å². The second kappa shape index (κ2) is 11.9. The number of aromatic nitrogens is 7. The fraction of sp³-hybridized carbons (Fsp3) is 0.345. The lowest BCUT2D eigenvalue weighted by molar-refractivity contribution is -0.142. The molecule has 10 nitrogen and oxygen atoms in total. The van der Waals surface area contributed by atoms with E-state index in [9.17, 15) is 18.3 Å². The molecule has 5 aromatic rings. The van der Waals surface area contributed by atoms with Gasteiger partial charge >= 0.3 is 6.18 Å². The fourth-order valence-electron chi connectivity index (χ4n) is 4.76. The van der Waals surface area contributed by atoms with Crippen molar-refractivity contribution < 1.29 is 23.0 Å². The number of aliphatic hydroxyl groups is 1. The molecule has 13 heteroatoms. The third-order valence-electron chi connectivity index (χ3n) is 6.64. The maximum atomic E-state index is 13.0. The minimum Gasteiger partial charge on any atom is -0.436 e. The Kier molecular flexibility index (Phi) is 8.23. The van der Waals surface area contributed by atoms with Crippen LogP contribution in [0.2, 0.25) is 0 Å². The third-order valence-corrected chi connectivity index (χ3v) is 6.64. The van der Waals surface area contributed by atoms with E-state index in [4.69, 9.17) is 9.72 Å². The lowest BCUT2D eigenvalue weighted by Gasteiger charge is -2.14. The first-order valence-electron chi connectivity index (χ1n) is 13.5. The SMILES string of the molecule is CCCN(C)Cc1ccc(Oc2ccc3c(-c4ccc(C(C)O)c(-c5cn(CC(F)(F)F)nc5C)n4)cnn3c2)nn1. The first kappa shape index (κ1) is 29.1. The van der Waals surface area contributed by atoms with Gasteiger partial charge in [0.05, 0.1) is 46.8 Å². The van der Waals surface area contributed by atoms with Crippen LogP contribution in [0.25, 0.3) is 28.0 Å². The molecule has 42 heavy (non-hydrogen) atoms. The molecule has 0 aliphatic rings. The van der Waals surface area contributed by atoms with Crippen molar-refractivity contribution in [1.82, 2.24) is 39.5 Å². The molecule has 220 valence electrons. The van der Waals surface area contributed by atoms with Crippen molar-refractivity contribution >= 4 is 5.52 Å². The van der Waals surface area contributed by atoms with E-state index in [0.717, 1.165) is 28.9 Å².